The molecular weight excluding hydrogens is 266 g/mol. The highest BCUT2D eigenvalue weighted by Crippen LogP contribution is 2.44. The van der Waals surface area contributed by atoms with E-state index < -0.39 is 0 Å². The molecule has 0 spiro atoms. The molecule has 2 nitrogen and oxygen atoms in total. The Morgan fingerprint density at radius 2 is 1.83 bits per heavy atom. The minimum atomic E-state index is 0. The maximum absolute atomic E-state index is 5.51. The lowest BCUT2D eigenvalue weighted by Gasteiger charge is -2.47. The molecule has 0 aromatic carbocycles. The maximum atomic E-state index is 5.51. The van der Waals surface area contributed by atoms with E-state index in [9.17, 15) is 0 Å². The zero-order valence-electron chi connectivity index (χ0n) is 10.8. The summed E-state index contributed by atoms with van der Waals surface area (Å²) in [5.41, 5.74) is 0.343. The Labute approximate surface area is 120 Å². The van der Waals surface area contributed by atoms with Gasteiger partial charge in [-0.3, -0.25) is 4.90 Å². The molecule has 1 aliphatic carbocycles. The van der Waals surface area contributed by atoms with E-state index in [1.54, 1.807) is 4.88 Å². The second kappa shape index (κ2) is 6.38. The van der Waals surface area contributed by atoms with Gasteiger partial charge in [0.15, 0.2) is 0 Å². The van der Waals surface area contributed by atoms with Crippen molar-refractivity contribution in [1.82, 2.24) is 4.90 Å². The quantitative estimate of drug-likeness (QED) is 0.823. The number of nitrogens with zero attached hydrogens (tertiary/aromatic N) is 1. The molecule has 1 aromatic rings. The summed E-state index contributed by atoms with van der Waals surface area (Å²) in [6, 6.07) is 4.54. The number of hydrogen-bond donors (Lipinski definition) is 0. The Hall–Kier alpha value is -0.0900. The molecule has 0 atom stereocenters. The van der Waals surface area contributed by atoms with Crippen LogP contribution in [0, 0.1) is 0 Å². The summed E-state index contributed by atoms with van der Waals surface area (Å²) in [5.74, 6) is 0. The predicted molar refractivity (Wildman–Crippen MR) is 78.7 cm³/mol. The third kappa shape index (κ3) is 2.60. The number of halogens is 1. The van der Waals surface area contributed by atoms with Crippen molar-refractivity contribution in [2.45, 2.75) is 37.6 Å². The Bertz CT molecular complexity index is 343. The van der Waals surface area contributed by atoms with E-state index in [2.05, 4.69) is 22.4 Å². The zero-order chi connectivity index (χ0) is 11.6. The monoisotopic (exact) mass is 287 g/mol. The van der Waals surface area contributed by atoms with Crippen LogP contribution in [-0.4, -0.2) is 31.2 Å². The summed E-state index contributed by atoms with van der Waals surface area (Å²) in [4.78, 5) is 4.28. The molecule has 102 valence electrons. The molecule has 1 aliphatic heterocycles. The number of morpholine rings is 1. The Morgan fingerprint density at radius 3 is 2.44 bits per heavy atom. The summed E-state index contributed by atoms with van der Waals surface area (Å²) in [5, 5.41) is 2.23. The van der Waals surface area contributed by atoms with Gasteiger partial charge in [-0.25, -0.2) is 0 Å². The van der Waals surface area contributed by atoms with E-state index in [0.717, 1.165) is 26.3 Å². The molecule has 2 aliphatic rings. The Balaban J connectivity index is 0.00000120. The van der Waals surface area contributed by atoms with E-state index in [1.165, 1.54) is 32.1 Å². The van der Waals surface area contributed by atoms with Gasteiger partial charge in [-0.05, 0) is 24.3 Å². The van der Waals surface area contributed by atoms with Gasteiger partial charge in [0.05, 0.1) is 18.8 Å². The topological polar surface area (TPSA) is 12.5 Å². The molecule has 0 amide bonds. The van der Waals surface area contributed by atoms with Crippen molar-refractivity contribution in [3.8, 4) is 0 Å². The highest BCUT2D eigenvalue weighted by atomic mass is 35.5. The van der Waals surface area contributed by atoms with Crippen LogP contribution in [0.15, 0.2) is 17.5 Å². The summed E-state index contributed by atoms with van der Waals surface area (Å²) in [6.45, 7) is 4.04. The Kier molecular flexibility index (Phi) is 5.07. The molecule has 1 saturated heterocycles. The van der Waals surface area contributed by atoms with Gasteiger partial charge >= 0.3 is 0 Å². The maximum Gasteiger partial charge on any atom is 0.0594 e. The van der Waals surface area contributed by atoms with Crippen LogP contribution in [0.2, 0.25) is 0 Å². The van der Waals surface area contributed by atoms with Gasteiger partial charge in [0, 0.05) is 18.0 Å². The first-order valence-corrected chi connectivity index (χ1v) is 7.67. The first-order chi connectivity index (χ1) is 8.42. The summed E-state index contributed by atoms with van der Waals surface area (Å²) < 4.78 is 5.51. The van der Waals surface area contributed by atoms with Crippen LogP contribution in [0.4, 0.5) is 0 Å². The van der Waals surface area contributed by atoms with Gasteiger partial charge in [0.1, 0.15) is 0 Å². The van der Waals surface area contributed by atoms with Gasteiger partial charge in [0.2, 0.25) is 0 Å². The van der Waals surface area contributed by atoms with Crippen molar-refractivity contribution in [3.63, 3.8) is 0 Å². The molecule has 4 heteroatoms. The van der Waals surface area contributed by atoms with Crippen LogP contribution in [-0.2, 0) is 10.3 Å². The summed E-state index contributed by atoms with van der Waals surface area (Å²) >= 11 is 1.94. The standard InChI is InChI=1S/C14H21NOS.ClH/c1-2-6-14(7-3-1,13-5-4-12-17-13)15-8-10-16-11-9-15;/h4-5,12H,1-3,6-11H2;1H. The highest BCUT2D eigenvalue weighted by molar-refractivity contribution is 7.10. The third-order valence-electron chi connectivity index (χ3n) is 4.28. The number of ether oxygens (including phenoxy) is 1. The van der Waals surface area contributed by atoms with Gasteiger partial charge in [-0.15, -0.1) is 23.7 Å². The molecule has 1 saturated carbocycles. The average Bonchev–Trinajstić information content (AvgIpc) is 2.95. The lowest BCUT2D eigenvalue weighted by molar-refractivity contribution is -0.0388. The highest BCUT2D eigenvalue weighted by Gasteiger charge is 2.40. The largest absolute Gasteiger partial charge is 0.379 e. The first kappa shape index (κ1) is 14.3. The molecule has 0 N–H and O–H groups in total. The zero-order valence-corrected chi connectivity index (χ0v) is 12.4. The van der Waals surface area contributed by atoms with Crippen molar-refractivity contribution in [2.75, 3.05) is 26.3 Å². The number of hydrogen-bond acceptors (Lipinski definition) is 3. The van der Waals surface area contributed by atoms with Gasteiger partial charge < -0.3 is 4.74 Å². The van der Waals surface area contributed by atoms with Crippen LogP contribution in [0.1, 0.15) is 37.0 Å². The molecular formula is C14H22ClNOS. The average molecular weight is 288 g/mol. The van der Waals surface area contributed by atoms with E-state index in [4.69, 9.17) is 4.74 Å². The fourth-order valence-corrected chi connectivity index (χ4v) is 4.40. The first-order valence-electron chi connectivity index (χ1n) is 6.79. The molecule has 2 heterocycles. The van der Waals surface area contributed by atoms with Crippen LogP contribution in [0.5, 0.6) is 0 Å². The molecule has 0 bridgehead atoms. The Morgan fingerprint density at radius 1 is 1.11 bits per heavy atom. The van der Waals surface area contributed by atoms with Crippen LogP contribution < -0.4 is 0 Å². The van der Waals surface area contributed by atoms with Gasteiger partial charge in [-0.1, -0.05) is 25.3 Å². The van der Waals surface area contributed by atoms with E-state index in [0.29, 0.717) is 5.54 Å². The predicted octanol–water partition coefficient (Wildman–Crippen LogP) is 3.66. The van der Waals surface area contributed by atoms with Gasteiger partial charge in [0.25, 0.3) is 0 Å². The van der Waals surface area contributed by atoms with Crippen molar-refractivity contribution in [3.05, 3.63) is 22.4 Å². The van der Waals surface area contributed by atoms with Crippen LogP contribution in [0.3, 0.4) is 0 Å². The second-order valence-electron chi connectivity index (χ2n) is 5.17. The van der Waals surface area contributed by atoms with Crippen molar-refractivity contribution < 1.29 is 4.74 Å². The third-order valence-corrected chi connectivity index (χ3v) is 5.34. The van der Waals surface area contributed by atoms with E-state index in [-0.39, 0.29) is 12.4 Å². The summed E-state index contributed by atoms with van der Waals surface area (Å²) in [6.07, 6.45) is 6.86. The SMILES string of the molecule is Cl.c1csc(C2(N3CCOCC3)CCCCC2)c1. The van der Waals surface area contributed by atoms with Crippen LogP contribution >= 0.6 is 23.7 Å². The normalized spacial score (nSPS) is 24.4. The van der Waals surface area contributed by atoms with Crippen molar-refractivity contribution >= 4 is 23.7 Å². The number of rotatable bonds is 2. The fraction of sp³-hybridized carbons (Fsp3) is 0.714. The second-order valence-corrected chi connectivity index (χ2v) is 6.12. The van der Waals surface area contributed by atoms with Crippen molar-refractivity contribution in [2.24, 2.45) is 0 Å². The molecule has 18 heavy (non-hydrogen) atoms. The molecule has 1 aromatic heterocycles. The fourth-order valence-electron chi connectivity index (χ4n) is 3.39. The summed E-state index contributed by atoms with van der Waals surface area (Å²) in [7, 11) is 0. The lowest BCUT2D eigenvalue weighted by Crippen LogP contribution is -2.51. The molecule has 2 fully saturated rings. The van der Waals surface area contributed by atoms with E-state index in [1.807, 2.05) is 11.3 Å². The minimum absolute atomic E-state index is 0. The lowest BCUT2D eigenvalue weighted by atomic mass is 9.79. The molecule has 3 rings (SSSR count). The van der Waals surface area contributed by atoms with Crippen LogP contribution in [0.25, 0.3) is 0 Å². The van der Waals surface area contributed by atoms with E-state index >= 15 is 0 Å². The minimum Gasteiger partial charge on any atom is -0.379 e. The van der Waals surface area contributed by atoms with Gasteiger partial charge in [-0.2, -0.15) is 0 Å². The smallest absolute Gasteiger partial charge is 0.0594 e. The molecule has 0 unspecified atom stereocenters. The van der Waals surface area contributed by atoms with Crippen molar-refractivity contribution in [1.29, 1.82) is 0 Å². The molecule has 0 radical (unpaired) electrons. The number of thiophene rings is 1.